The highest BCUT2D eigenvalue weighted by molar-refractivity contribution is 6.06. The summed E-state index contributed by atoms with van der Waals surface area (Å²) in [5.41, 5.74) is 2.12. The number of hydrogen-bond donors (Lipinski definition) is 4. The molecule has 0 aliphatic carbocycles. The Morgan fingerprint density at radius 3 is 2.67 bits per heavy atom. The van der Waals surface area contributed by atoms with Crippen LogP contribution in [-0.2, 0) is 4.79 Å². The first kappa shape index (κ1) is 18.3. The van der Waals surface area contributed by atoms with Crippen LogP contribution in [0.5, 0.6) is 11.5 Å². The highest BCUT2D eigenvalue weighted by atomic mass is 16.5. The van der Waals surface area contributed by atoms with Crippen LogP contribution in [0.2, 0.25) is 0 Å². The van der Waals surface area contributed by atoms with E-state index in [1.54, 1.807) is 38.1 Å². The molecule has 1 aliphatic rings. The molecule has 0 saturated carbocycles. The topological polar surface area (TPSA) is 99.7 Å². The van der Waals surface area contributed by atoms with Gasteiger partial charge in [0.15, 0.2) is 11.5 Å². The second-order valence-corrected chi connectivity index (χ2v) is 6.05. The maximum Gasteiger partial charge on any atom is 0.319 e. The number of hydrogen-bond acceptors (Lipinski definition) is 4. The second kappa shape index (κ2) is 7.82. The summed E-state index contributed by atoms with van der Waals surface area (Å²) in [6.07, 6.45) is 0. The van der Waals surface area contributed by atoms with Crippen molar-refractivity contribution in [3.05, 3.63) is 65.4 Å². The van der Waals surface area contributed by atoms with Crippen molar-refractivity contribution >= 4 is 17.6 Å². The molecule has 0 spiro atoms. The van der Waals surface area contributed by atoms with Gasteiger partial charge in [-0.15, -0.1) is 0 Å². The molecular formula is C20H21N3O4. The van der Waals surface area contributed by atoms with Crippen molar-refractivity contribution in [3.8, 4) is 11.5 Å². The number of carbonyl (C=O) groups excluding carboxylic acids is 2. The van der Waals surface area contributed by atoms with Crippen LogP contribution in [0.3, 0.4) is 0 Å². The molecular weight excluding hydrogens is 346 g/mol. The van der Waals surface area contributed by atoms with Crippen LogP contribution in [0.25, 0.3) is 0 Å². The van der Waals surface area contributed by atoms with Crippen molar-refractivity contribution in [2.24, 2.45) is 0 Å². The Bertz CT molecular complexity index is 893. The first-order valence-electron chi connectivity index (χ1n) is 8.60. The zero-order valence-corrected chi connectivity index (χ0v) is 15.1. The zero-order chi connectivity index (χ0) is 19.4. The molecule has 1 unspecified atom stereocenters. The molecule has 0 saturated heterocycles. The number of allylic oxidation sites excluding steroid dienone is 1. The highest BCUT2D eigenvalue weighted by Gasteiger charge is 2.31. The number of ether oxygens (including phenoxy) is 1. The van der Waals surface area contributed by atoms with Crippen LogP contribution in [0, 0.1) is 0 Å². The molecule has 1 atom stereocenters. The molecule has 2 aromatic carbocycles. The molecule has 2 aromatic rings. The SMILES string of the molecule is CCOc1cc(C2NC(=O)NC(C)=C2C(=O)Nc2ccccc2)ccc1O. The quantitative estimate of drug-likeness (QED) is 0.653. The Balaban J connectivity index is 1.97. The first-order chi connectivity index (χ1) is 13.0. The Labute approximate surface area is 157 Å². The molecule has 1 aliphatic heterocycles. The van der Waals surface area contributed by atoms with Crippen LogP contribution in [-0.4, -0.2) is 23.7 Å². The average Bonchev–Trinajstić information content (AvgIpc) is 2.63. The summed E-state index contributed by atoms with van der Waals surface area (Å²) in [7, 11) is 0. The molecule has 0 radical (unpaired) electrons. The Morgan fingerprint density at radius 2 is 1.96 bits per heavy atom. The van der Waals surface area contributed by atoms with Gasteiger partial charge in [-0.1, -0.05) is 24.3 Å². The highest BCUT2D eigenvalue weighted by Crippen LogP contribution is 2.34. The minimum atomic E-state index is -0.678. The number of rotatable bonds is 5. The Kier molecular flexibility index (Phi) is 5.30. The van der Waals surface area contributed by atoms with Gasteiger partial charge in [0.05, 0.1) is 18.2 Å². The predicted molar refractivity (Wildman–Crippen MR) is 101 cm³/mol. The summed E-state index contributed by atoms with van der Waals surface area (Å²) in [6, 6.07) is 12.7. The van der Waals surface area contributed by atoms with E-state index in [9.17, 15) is 14.7 Å². The van der Waals surface area contributed by atoms with E-state index in [-0.39, 0.29) is 11.7 Å². The van der Waals surface area contributed by atoms with Gasteiger partial charge in [0.2, 0.25) is 0 Å². The van der Waals surface area contributed by atoms with Crippen LogP contribution in [0.4, 0.5) is 10.5 Å². The third-order valence-electron chi connectivity index (χ3n) is 4.16. The van der Waals surface area contributed by atoms with Gasteiger partial charge in [-0.25, -0.2) is 4.79 Å². The molecule has 7 nitrogen and oxygen atoms in total. The lowest BCUT2D eigenvalue weighted by molar-refractivity contribution is -0.113. The van der Waals surface area contributed by atoms with E-state index in [1.807, 2.05) is 18.2 Å². The van der Waals surface area contributed by atoms with Gasteiger partial charge in [0, 0.05) is 11.4 Å². The summed E-state index contributed by atoms with van der Waals surface area (Å²) in [6.45, 7) is 3.86. The van der Waals surface area contributed by atoms with Crippen LogP contribution >= 0.6 is 0 Å². The van der Waals surface area contributed by atoms with Crippen LogP contribution in [0.15, 0.2) is 59.8 Å². The van der Waals surface area contributed by atoms with Gasteiger partial charge < -0.3 is 25.8 Å². The lowest BCUT2D eigenvalue weighted by Gasteiger charge is -2.29. The molecule has 0 bridgehead atoms. The predicted octanol–water partition coefficient (Wildman–Crippen LogP) is 3.06. The van der Waals surface area contributed by atoms with Gasteiger partial charge >= 0.3 is 6.03 Å². The van der Waals surface area contributed by atoms with Gasteiger partial charge in [-0.05, 0) is 43.7 Å². The number of aromatic hydroxyl groups is 1. The van der Waals surface area contributed by atoms with E-state index >= 15 is 0 Å². The van der Waals surface area contributed by atoms with E-state index in [0.717, 1.165) is 0 Å². The molecule has 0 aromatic heterocycles. The minimum Gasteiger partial charge on any atom is -0.504 e. The van der Waals surface area contributed by atoms with E-state index < -0.39 is 12.1 Å². The lowest BCUT2D eigenvalue weighted by Crippen LogP contribution is -2.45. The molecule has 140 valence electrons. The summed E-state index contributed by atoms with van der Waals surface area (Å²) in [5.74, 6) is -0.0395. The number of amides is 3. The van der Waals surface area contributed by atoms with Crippen molar-refractivity contribution in [3.63, 3.8) is 0 Å². The zero-order valence-electron chi connectivity index (χ0n) is 15.1. The largest absolute Gasteiger partial charge is 0.504 e. The minimum absolute atomic E-state index is 0.00292. The standard InChI is InChI=1S/C20H21N3O4/c1-3-27-16-11-13(9-10-15(16)24)18-17(12(2)21-20(26)23-18)19(25)22-14-7-5-4-6-8-14/h4-11,18,24H,3H2,1-2H3,(H,22,25)(H2,21,23,26). The third-order valence-corrected chi connectivity index (χ3v) is 4.16. The third kappa shape index (κ3) is 4.03. The van der Waals surface area contributed by atoms with E-state index in [1.165, 1.54) is 6.07 Å². The number of urea groups is 1. The fourth-order valence-electron chi connectivity index (χ4n) is 2.95. The molecule has 1 heterocycles. The summed E-state index contributed by atoms with van der Waals surface area (Å²) in [5, 5.41) is 18.2. The van der Waals surface area contributed by atoms with Crippen molar-refractivity contribution in [1.82, 2.24) is 10.6 Å². The number of phenols is 1. The molecule has 27 heavy (non-hydrogen) atoms. The van der Waals surface area contributed by atoms with Crippen LogP contribution < -0.4 is 20.7 Å². The molecule has 4 N–H and O–H groups in total. The number of benzene rings is 2. The number of nitrogens with one attached hydrogen (secondary N) is 3. The maximum atomic E-state index is 12.9. The van der Waals surface area contributed by atoms with Crippen molar-refractivity contribution in [2.75, 3.05) is 11.9 Å². The van der Waals surface area contributed by atoms with Crippen molar-refractivity contribution in [2.45, 2.75) is 19.9 Å². The maximum absolute atomic E-state index is 12.9. The van der Waals surface area contributed by atoms with Gasteiger partial charge in [0.1, 0.15) is 0 Å². The van der Waals surface area contributed by atoms with Gasteiger partial charge in [-0.2, -0.15) is 0 Å². The molecule has 3 rings (SSSR count). The number of anilines is 1. The first-order valence-corrected chi connectivity index (χ1v) is 8.60. The average molecular weight is 367 g/mol. The van der Waals surface area contributed by atoms with Gasteiger partial charge in [0.25, 0.3) is 5.91 Å². The fourth-order valence-corrected chi connectivity index (χ4v) is 2.95. The fraction of sp³-hybridized carbons (Fsp3) is 0.200. The molecule has 0 fully saturated rings. The van der Waals surface area contributed by atoms with Crippen LogP contribution in [0.1, 0.15) is 25.5 Å². The summed E-state index contributed by atoms with van der Waals surface area (Å²) in [4.78, 5) is 24.9. The van der Waals surface area contributed by atoms with Crippen molar-refractivity contribution < 1.29 is 19.4 Å². The van der Waals surface area contributed by atoms with E-state index in [4.69, 9.17) is 4.74 Å². The number of phenolic OH excluding ortho intramolecular Hbond substituents is 1. The monoisotopic (exact) mass is 367 g/mol. The smallest absolute Gasteiger partial charge is 0.319 e. The molecule has 7 heteroatoms. The molecule has 3 amide bonds. The van der Waals surface area contributed by atoms with E-state index in [0.29, 0.717) is 34.9 Å². The van der Waals surface area contributed by atoms with Gasteiger partial charge in [-0.3, -0.25) is 4.79 Å². The number of carbonyl (C=O) groups is 2. The number of para-hydroxylation sites is 1. The summed E-state index contributed by atoms with van der Waals surface area (Å²) >= 11 is 0. The van der Waals surface area contributed by atoms with E-state index in [2.05, 4.69) is 16.0 Å². The Morgan fingerprint density at radius 1 is 1.22 bits per heavy atom. The normalized spacial score (nSPS) is 16.4. The lowest BCUT2D eigenvalue weighted by atomic mass is 9.94. The summed E-state index contributed by atoms with van der Waals surface area (Å²) < 4.78 is 5.42. The van der Waals surface area contributed by atoms with Crippen molar-refractivity contribution in [1.29, 1.82) is 0 Å². The second-order valence-electron chi connectivity index (χ2n) is 6.05. The Hall–Kier alpha value is -3.48.